The highest BCUT2D eigenvalue weighted by Crippen LogP contribution is 2.20. The first kappa shape index (κ1) is 16.6. The summed E-state index contributed by atoms with van der Waals surface area (Å²) in [7, 11) is 0. The lowest BCUT2D eigenvalue weighted by Gasteiger charge is -2.08. The second kappa shape index (κ2) is 7.53. The molecule has 1 aromatic heterocycles. The Balaban J connectivity index is 1.62. The topological polar surface area (TPSA) is 54.0 Å². The summed E-state index contributed by atoms with van der Waals surface area (Å²) in [5.41, 5.74) is 1.86. The molecule has 0 aliphatic carbocycles. The number of halogens is 2. The van der Waals surface area contributed by atoms with Gasteiger partial charge in [-0.3, -0.25) is 4.79 Å². The van der Waals surface area contributed by atoms with Gasteiger partial charge in [-0.1, -0.05) is 30.3 Å². The Hall–Kier alpha value is -3.28. The van der Waals surface area contributed by atoms with Crippen LogP contribution in [0.25, 0.3) is 0 Å². The molecule has 6 heteroatoms. The van der Waals surface area contributed by atoms with Gasteiger partial charge in [0.15, 0.2) is 0 Å². The van der Waals surface area contributed by atoms with E-state index in [1.807, 2.05) is 30.3 Å². The predicted octanol–water partition coefficient (Wildman–Crippen LogP) is 4.03. The average Bonchev–Trinajstić information content (AvgIpc) is 2.63. The van der Waals surface area contributed by atoms with Gasteiger partial charge in [0.05, 0.1) is 17.6 Å². The minimum absolute atomic E-state index is 0.129. The zero-order valence-electron chi connectivity index (χ0n) is 13.2. The van der Waals surface area contributed by atoms with E-state index in [2.05, 4.69) is 15.6 Å². The Morgan fingerprint density at radius 2 is 1.80 bits per heavy atom. The Bertz CT molecular complexity index is 868. The van der Waals surface area contributed by atoms with E-state index < -0.39 is 11.6 Å². The van der Waals surface area contributed by atoms with Crippen molar-refractivity contribution in [2.24, 2.45) is 0 Å². The number of amides is 1. The van der Waals surface area contributed by atoms with E-state index in [0.717, 1.165) is 17.7 Å². The number of hydrogen-bond acceptors (Lipinski definition) is 3. The number of hydrogen-bond donors (Lipinski definition) is 2. The van der Waals surface area contributed by atoms with Crippen LogP contribution in [0.3, 0.4) is 0 Å². The Morgan fingerprint density at radius 3 is 2.48 bits per heavy atom. The van der Waals surface area contributed by atoms with Gasteiger partial charge in [0, 0.05) is 12.6 Å². The number of anilines is 2. The van der Waals surface area contributed by atoms with E-state index in [1.54, 1.807) is 6.07 Å². The summed E-state index contributed by atoms with van der Waals surface area (Å²) in [5, 5.41) is 5.56. The zero-order valence-corrected chi connectivity index (χ0v) is 13.2. The molecule has 0 aliphatic heterocycles. The van der Waals surface area contributed by atoms with Crippen LogP contribution < -0.4 is 10.6 Å². The molecule has 3 rings (SSSR count). The van der Waals surface area contributed by atoms with Gasteiger partial charge in [-0.05, 0) is 29.8 Å². The third-order valence-electron chi connectivity index (χ3n) is 3.50. The molecule has 2 N–H and O–H groups in total. The SMILES string of the molecule is O=C(NCc1ccccc1)c1ccc(Nc2ccc(F)cc2F)cn1. The monoisotopic (exact) mass is 339 g/mol. The molecule has 0 aliphatic rings. The number of carbonyl (C=O) groups excluding carboxylic acids is 1. The molecule has 25 heavy (non-hydrogen) atoms. The van der Waals surface area contributed by atoms with Gasteiger partial charge in [-0.25, -0.2) is 13.8 Å². The Kier molecular flexibility index (Phi) is 4.99. The summed E-state index contributed by atoms with van der Waals surface area (Å²) >= 11 is 0. The number of aromatic nitrogens is 1. The molecule has 4 nitrogen and oxygen atoms in total. The molecule has 0 radical (unpaired) electrons. The van der Waals surface area contributed by atoms with Crippen LogP contribution in [0.5, 0.6) is 0 Å². The van der Waals surface area contributed by atoms with Crippen LogP contribution in [0.2, 0.25) is 0 Å². The van der Waals surface area contributed by atoms with Crippen molar-refractivity contribution in [3.8, 4) is 0 Å². The van der Waals surface area contributed by atoms with Crippen LogP contribution in [-0.4, -0.2) is 10.9 Å². The summed E-state index contributed by atoms with van der Waals surface area (Å²) in [6.07, 6.45) is 1.42. The highest BCUT2D eigenvalue weighted by Gasteiger charge is 2.08. The van der Waals surface area contributed by atoms with Gasteiger partial charge >= 0.3 is 0 Å². The fraction of sp³-hybridized carbons (Fsp3) is 0.0526. The summed E-state index contributed by atoms with van der Waals surface area (Å²) in [5.74, 6) is -1.65. The van der Waals surface area contributed by atoms with E-state index in [-0.39, 0.29) is 17.3 Å². The molecule has 0 saturated heterocycles. The van der Waals surface area contributed by atoms with E-state index in [9.17, 15) is 13.6 Å². The van der Waals surface area contributed by atoms with E-state index >= 15 is 0 Å². The minimum atomic E-state index is -0.704. The second-order valence-corrected chi connectivity index (χ2v) is 5.35. The standard InChI is InChI=1S/C19H15F2N3O/c20-14-6-8-17(16(21)10-14)24-15-7-9-18(22-12-15)19(25)23-11-13-4-2-1-3-5-13/h1-10,12,24H,11H2,(H,23,25). The third kappa shape index (κ3) is 4.38. The quantitative estimate of drug-likeness (QED) is 0.738. The molecule has 126 valence electrons. The third-order valence-corrected chi connectivity index (χ3v) is 3.50. The minimum Gasteiger partial charge on any atom is -0.352 e. The van der Waals surface area contributed by atoms with Crippen LogP contribution in [0, 0.1) is 11.6 Å². The lowest BCUT2D eigenvalue weighted by atomic mass is 10.2. The average molecular weight is 339 g/mol. The molecule has 0 spiro atoms. The fourth-order valence-electron chi connectivity index (χ4n) is 2.22. The molecular weight excluding hydrogens is 324 g/mol. The van der Waals surface area contributed by atoms with Crippen molar-refractivity contribution in [1.29, 1.82) is 0 Å². The largest absolute Gasteiger partial charge is 0.352 e. The first-order valence-electron chi connectivity index (χ1n) is 7.62. The maximum atomic E-state index is 13.6. The maximum Gasteiger partial charge on any atom is 0.270 e. The number of carbonyl (C=O) groups is 1. The number of nitrogens with one attached hydrogen (secondary N) is 2. The summed E-state index contributed by atoms with van der Waals surface area (Å²) in [6, 6.07) is 15.9. The van der Waals surface area contributed by atoms with Gasteiger partial charge in [0.2, 0.25) is 0 Å². The lowest BCUT2D eigenvalue weighted by molar-refractivity contribution is 0.0946. The highest BCUT2D eigenvalue weighted by molar-refractivity contribution is 5.92. The molecule has 2 aromatic carbocycles. The van der Waals surface area contributed by atoms with Crippen LogP contribution in [0.15, 0.2) is 66.9 Å². The zero-order chi connectivity index (χ0) is 17.6. The number of nitrogens with zero attached hydrogens (tertiary/aromatic N) is 1. The summed E-state index contributed by atoms with van der Waals surface area (Å²) in [6.45, 7) is 0.405. The second-order valence-electron chi connectivity index (χ2n) is 5.35. The summed E-state index contributed by atoms with van der Waals surface area (Å²) in [4.78, 5) is 16.1. The van der Waals surface area contributed by atoms with Crippen LogP contribution in [0.4, 0.5) is 20.2 Å². The van der Waals surface area contributed by atoms with Crippen molar-refractivity contribution >= 4 is 17.3 Å². The van der Waals surface area contributed by atoms with Crippen LogP contribution in [-0.2, 0) is 6.54 Å². The number of rotatable bonds is 5. The van der Waals surface area contributed by atoms with E-state index in [1.165, 1.54) is 18.3 Å². The van der Waals surface area contributed by atoms with Crippen molar-refractivity contribution in [2.45, 2.75) is 6.54 Å². The van der Waals surface area contributed by atoms with Gasteiger partial charge in [0.25, 0.3) is 5.91 Å². The Labute approximate surface area is 143 Å². The van der Waals surface area contributed by atoms with Gasteiger partial charge in [0.1, 0.15) is 17.3 Å². The molecule has 0 fully saturated rings. The lowest BCUT2D eigenvalue weighted by Crippen LogP contribution is -2.23. The first-order valence-corrected chi connectivity index (χ1v) is 7.62. The first-order chi connectivity index (χ1) is 12.1. The van der Waals surface area contributed by atoms with Gasteiger partial charge < -0.3 is 10.6 Å². The van der Waals surface area contributed by atoms with Crippen LogP contribution in [0.1, 0.15) is 16.1 Å². The molecule has 0 unspecified atom stereocenters. The van der Waals surface area contributed by atoms with Crippen molar-refractivity contribution in [3.05, 3.63) is 89.8 Å². The van der Waals surface area contributed by atoms with Crippen molar-refractivity contribution in [2.75, 3.05) is 5.32 Å². The summed E-state index contributed by atoms with van der Waals surface area (Å²) < 4.78 is 26.5. The Morgan fingerprint density at radius 1 is 1.00 bits per heavy atom. The molecule has 1 heterocycles. The van der Waals surface area contributed by atoms with Crippen LogP contribution >= 0.6 is 0 Å². The molecule has 0 atom stereocenters. The van der Waals surface area contributed by atoms with Crippen molar-refractivity contribution in [3.63, 3.8) is 0 Å². The van der Waals surface area contributed by atoms with E-state index in [4.69, 9.17) is 0 Å². The van der Waals surface area contributed by atoms with Crippen molar-refractivity contribution in [1.82, 2.24) is 10.3 Å². The molecule has 0 saturated carbocycles. The maximum absolute atomic E-state index is 13.6. The molecule has 3 aromatic rings. The molecular formula is C19H15F2N3O. The normalized spacial score (nSPS) is 10.3. The fourth-order valence-corrected chi connectivity index (χ4v) is 2.22. The predicted molar refractivity (Wildman–Crippen MR) is 91.5 cm³/mol. The number of pyridine rings is 1. The molecule has 1 amide bonds. The van der Waals surface area contributed by atoms with Gasteiger partial charge in [-0.2, -0.15) is 0 Å². The van der Waals surface area contributed by atoms with Crippen molar-refractivity contribution < 1.29 is 13.6 Å². The number of benzene rings is 2. The highest BCUT2D eigenvalue weighted by atomic mass is 19.1. The molecule has 0 bridgehead atoms. The van der Waals surface area contributed by atoms with Gasteiger partial charge in [-0.15, -0.1) is 0 Å². The van der Waals surface area contributed by atoms with E-state index in [0.29, 0.717) is 12.2 Å². The smallest absolute Gasteiger partial charge is 0.270 e.